The molecule has 0 atom stereocenters. The first-order chi connectivity index (χ1) is 10.1. The average Bonchev–Trinajstić information content (AvgIpc) is 2.48. The van der Waals surface area contributed by atoms with Crippen molar-refractivity contribution in [1.82, 2.24) is 0 Å². The number of rotatable bonds is 4. The molecule has 0 saturated heterocycles. The quantitative estimate of drug-likeness (QED) is 0.882. The normalized spacial score (nSPS) is 10.0. The fourth-order valence-corrected chi connectivity index (χ4v) is 1.78. The third-order valence-corrected chi connectivity index (χ3v) is 2.87. The highest BCUT2D eigenvalue weighted by Gasteiger charge is 2.14. The molecule has 21 heavy (non-hydrogen) atoms. The molecule has 1 amide bonds. The van der Waals surface area contributed by atoms with Gasteiger partial charge in [0.2, 0.25) is 0 Å². The van der Waals surface area contributed by atoms with E-state index < -0.39 is 24.3 Å². The molecular formula is C15H11ClFNO3. The molecule has 0 aliphatic carbocycles. The summed E-state index contributed by atoms with van der Waals surface area (Å²) in [6.45, 7) is -0.486. The second-order valence-electron chi connectivity index (χ2n) is 4.11. The Hall–Kier alpha value is -2.40. The summed E-state index contributed by atoms with van der Waals surface area (Å²) in [5.41, 5.74) is 0.464. The van der Waals surface area contributed by atoms with Crippen molar-refractivity contribution in [1.29, 1.82) is 0 Å². The van der Waals surface area contributed by atoms with E-state index in [-0.39, 0.29) is 10.6 Å². The van der Waals surface area contributed by atoms with Gasteiger partial charge in [-0.3, -0.25) is 4.79 Å². The Morgan fingerprint density at radius 1 is 1.14 bits per heavy atom. The fraction of sp³-hybridized carbons (Fsp3) is 0.0667. The summed E-state index contributed by atoms with van der Waals surface area (Å²) in [6, 6.07) is 12.1. The molecule has 4 nitrogen and oxygen atoms in total. The number of ether oxygens (including phenoxy) is 1. The number of esters is 1. The molecule has 2 aromatic carbocycles. The minimum atomic E-state index is -0.859. The number of benzene rings is 2. The van der Waals surface area contributed by atoms with Gasteiger partial charge in [0, 0.05) is 5.69 Å². The van der Waals surface area contributed by atoms with Gasteiger partial charge >= 0.3 is 5.97 Å². The predicted octanol–water partition coefficient (Wildman–Crippen LogP) is 3.27. The summed E-state index contributed by atoms with van der Waals surface area (Å²) in [5, 5.41) is 2.61. The first-order valence-corrected chi connectivity index (χ1v) is 6.41. The summed E-state index contributed by atoms with van der Waals surface area (Å²) < 4.78 is 17.8. The van der Waals surface area contributed by atoms with Crippen molar-refractivity contribution < 1.29 is 18.7 Å². The lowest BCUT2D eigenvalue weighted by molar-refractivity contribution is -0.119. The summed E-state index contributed by atoms with van der Waals surface area (Å²) in [6.07, 6.45) is 0. The van der Waals surface area contributed by atoms with Crippen LogP contribution in [-0.4, -0.2) is 18.5 Å². The van der Waals surface area contributed by atoms with Crippen molar-refractivity contribution in [3.8, 4) is 0 Å². The van der Waals surface area contributed by atoms with Crippen molar-refractivity contribution in [2.75, 3.05) is 11.9 Å². The van der Waals surface area contributed by atoms with Gasteiger partial charge in [-0.2, -0.15) is 0 Å². The summed E-state index contributed by atoms with van der Waals surface area (Å²) in [4.78, 5) is 23.3. The Balaban J connectivity index is 1.92. The molecule has 2 rings (SSSR count). The van der Waals surface area contributed by atoms with Crippen LogP contribution in [0.25, 0.3) is 0 Å². The first-order valence-electron chi connectivity index (χ1n) is 6.03. The molecule has 0 spiro atoms. The van der Waals surface area contributed by atoms with Gasteiger partial charge in [0.1, 0.15) is 5.82 Å². The minimum absolute atomic E-state index is 0.0601. The molecule has 2 aromatic rings. The highest BCUT2D eigenvalue weighted by Crippen LogP contribution is 2.18. The molecule has 0 aliphatic rings. The van der Waals surface area contributed by atoms with E-state index in [2.05, 4.69) is 5.32 Å². The van der Waals surface area contributed by atoms with Crippen molar-refractivity contribution in [3.63, 3.8) is 0 Å². The number of amides is 1. The van der Waals surface area contributed by atoms with Crippen LogP contribution in [0.15, 0.2) is 48.5 Å². The summed E-state index contributed by atoms with van der Waals surface area (Å²) in [5.74, 6) is -1.97. The molecule has 1 N–H and O–H groups in total. The number of halogens is 2. The minimum Gasteiger partial charge on any atom is -0.452 e. The zero-order valence-corrected chi connectivity index (χ0v) is 11.6. The number of anilines is 1. The Morgan fingerprint density at radius 3 is 2.57 bits per heavy atom. The third kappa shape index (κ3) is 4.29. The van der Waals surface area contributed by atoms with Gasteiger partial charge in [-0.05, 0) is 30.3 Å². The van der Waals surface area contributed by atoms with Gasteiger partial charge < -0.3 is 10.1 Å². The number of hydrogen-bond donors (Lipinski definition) is 1. The number of para-hydroxylation sites is 1. The Bertz CT molecular complexity index is 661. The highest BCUT2D eigenvalue weighted by molar-refractivity contribution is 6.33. The molecule has 0 heterocycles. The fourth-order valence-electron chi connectivity index (χ4n) is 1.58. The van der Waals surface area contributed by atoms with E-state index in [1.807, 2.05) is 6.07 Å². The van der Waals surface area contributed by atoms with Crippen LogP contribution < -0.4 is 5.32 Å². The van der Waals surface area contributed by atoms with E-state index >= 15 is 0 Å². The smallest absolute Gasteiger partial charge is 0.340 e. The van der Waals surface area contributed by atoms with Crippen LogP contribution in [0, 0.1) is 5.82 Å². The maximum atomic E-state index is 13.0. The van der Waals surface area contributed by atoms with Crippen LogP contribution >= 0.6 is 11.6 Å². The zero-order chi connectivity index (χ0) is 15.2. The third-order valence-electron chi connectivity index (χ3n) is 2.54. The molecule has 6 heteroatoms. The number of carbonyl (C=O) groups excluding carboxylic acids is 2. The molecule has 0 saturated carbocycles. The first kappa shape index (κ1) is 15.0. The maximum absolute atomic E-state index is 13.0. The second-order valence-corrected chi connectivity index (χ2v) is 4.52. The lowest BCUT2D eigenvalue weighted by atomic mass is 10.2. The molecule has 0 aromatic heterocycles. The molecule has 0 radical (unpaired) electrons. The van der Waals surface area contributed by atoms with Crippen LogP contribution in [0.2, 0.25) is 5.02 Å². The molecule has 0 fully saturated rings. The van der Waals surface area contributed by atoms with E-state index in [0.717, 1.165) is 12.1 Å². The van der Waals surface area contributed by atoms with E-state index in [9.17, 15) is 14.0 Å². The Kier molecular flexibility index (Phi) is 4.90. The standard InChI is InChI=1S/C15H11ClFNO3/c16-13-7-6-10(17)8-12(13)15(20)21-9-14(19)18-11-4-2-1-3-5-11/h1-8H,9H2,(H,18,19). The molecule has 108 valence electrons. The Morgan fingerprint density at radius 2 is 1.86 bits per heavy atom. The van der Waals surface area contributed by atoms with Crippen LogP contribution in [0.5, 0.6) is 0 Å². The average molecular weight is 308 g/mol. The van der Waals surface area contributed by atoms with Crippen molar-refractivity contribution >= 4 is 29.2 Å². The monoisotopic (exact) mass is 307 g/mol. The summed E-state index contributed by atoms with van der Waals surface area (Å²) >= 11 is 5.77. The number of nitrogens with one attached hydrogen (secondary N) is 1. The van der Waals surface area contributed by atoms with Crippen molar-refractivity contribution in [2.45, 2.75) is 0 Å². The van der Waals surface area contributed by atoms with E-state index in [1.165, 1.54) is 6.07 Å². The van der Waals surface area contributed by atoms with Crippen LogP contribution in [0.4, 0.5) is 10.1 Å². The molecule has 0 bridgehead atoms. The largest absolute Gasteiger partial charge is 0.452 e. The number of hydrogen-bond acceptors (Lipinski definition) is 3. The van der Waals surface area contributed by atoms with E-state index in [4.69, 9.17) is 16.3 Å². The van der Waals surface area contributed by atoms with Crippen LogP contribution in [-0.2, 0) is 9.53 Å². The SMILES string of the molecule is O=C(COC(=O)c1cc(F)ccc1Cl)Nc1ccccc1. The zero-order valence-electron chi connectivity index (χ0n) is 10.8. The highest BCUT2D eigenvalue weighted by atomic mass is 35.5. The van der Waals surface area contributed by atoms with Crippen molar-refractivity contribution in [3.05, 3.63) is 64.9 Å². The van der Waals surface area contributed by atoms with Crippen LogP contribution in [0.1, 0.15) is 10.4 Å². The van der Waals surface area contributed by atoms with Gasteiger partial charge in [0.15, 0.2) is 6.61 Å². The van der Waals surface area contributed by atoms with Gasteiger partial charge in [-0.25, -0.2) is 9.18 Å². The Labute approximate surface area is 125 Å². The predicted molar refractivity (Wildman–Crippen MR) is 76.8 cm³/mol. The maximum Gasteiger partial charge on any atom is 0.340 e. The summed E-state index contributed by atoms with van der Waals surface area (Å²) in [7, 11) is 0. The van der Waals surface area contributed by atoms with Gasteiger partial charge in [-0.15, -0.1) is 0 Å². The van der Waals surface area contributed by atoms with E-state index in [1.54, 1.807) is 24.3 Å². The second kappa shape index (κ2) is 6.85. The van der Waals surface area contributed by atoms with Crippen LogP contribution in [0.3, 0.4) is 0 Å². The van der Waals surface area contributed by atoms with Gasteiger partial charge in [0.05, 0.1) is 10.6 Å². The van der Waals surface area contributed by atoms with Gasteiger partial charge in [-0.1, -0.05) is 29.8 Å². The van der Waals surface area contributed by atoms with E-state index in [0.29, 0.717) is 5.69 Å². The van der Waals surface area contributed by atoms with Crippen molar-refractivity contribution in [2.24, 2.45) is 0 Å². The lowest BCUT2D eigenvalue weighted by Crippen LogP contribution is -2.21. The molecule has 0 aliphatic heterocycles. The van der Waals surface area contributed by atoms with Gasteiger partial charge in [0.25, 0.3) is 5.91 Å². The lowest BCUT2D eigenvalue weighted by Gasteiger charge is -2.07. The number of carbonyl (C=O) groups is 2. The molecular weight excluding hydrogens is 297 g/mol. The molecule has 0 unspecified atom stereocenters. The topological polar surface area (TPSA) is 55.4 Å².